The summed E-state index contributed by atoms with van der Waals surface area (Å²) in [5, 5.41) is 8.97. The van der Waals surface area contributed by atoms with Gasteiger partial charge in [0.25, 0.3) is 6.43 Å². The summed E-state index contributed by atoms with van der Waals surface area (Å²) >= 11 is 1.84. The molecule has 4 heterocycles. The number of amides is 1. The van der Waals surface area contributed by atoms with Crippen LogP contribution >= 0.6 is 11.8 Å². The lowest BCUT2D eigenvalue weighted by molar-refractivity contribution is -0.141. The number of likely N-dealkylation sites (tertiary alicyclic amines) is 1. The zero-order valence-corrected chi connectivity index (χ0v) is 19.1. The molecule has 2 aliphatic rings. The number of anilines is 1. The average molecular weight is 491 g/mol. The summed E-state index contributed by atoms with van der Waals surface area (Å²) in [6.07, 6.45) is -2.79. The number of hydrogen-bond donors (Lipinski definition) is 1. The monoisotopic (exact) mass is 490 g/mol. The van der Waals surface area contributed by atoms with Gasteiger partial charge in [0.05, 0.1) is 17.6 Å². The Hall–Kier alpha value is -2.99. The number of rotatable bonds is 7. The summed E-state index contributed by atoms with van der Waals surface area (Å²) in [7, 11) is 0. The standard InChI is InChI=1S/C22H24F2N6O3S/c23-20(24)21-25-15-3-1-2-4-16(15)30(21)17-9-18(27-22(26-17)28-5-7-34-8-6-28)33-13-14-10-29(11-14)19(32)12-31/h1-4,9,14,20,31H,5-8,10-13H2. The van der Waals surface area contributed by atoms with Crippen LogP contribution < -0.4 is 9.64 Å². The SMILES string of the molecule is O=C(CO)N1CC(COc2cc(-n3c(C(F)F)nc4ccccc43)nc(N3CCSCC3)n2)C1. The molecule has 1 N–H and O–H groups in total. The summed E-state index contributed by atoms with van der Waals surface area (Å²) in [5.41, 5.74) is 0.984. The van der Waals surface area contributed by atoms with Crippen molar-refractivity contribution in [2.24, 2.45) is 5.92 Å². The second-order valence-electron chi connectivity index (χ2n) is 8.19. The molecule has 0 spiro atoms. The van der Waals surface area contributed by atoms with Crippen molar-refractivity contribution in [2.75, 3.05) is 55.8 Å². The topological polar surface area (TPSA) is 96.6 Å². The van der Waals surface area contributed by atoms with E-state index in [0.717, 1.165) is 24.6 Å². The first-order valence-electron chi connectivity index (χ1n) is 11.0. The fourth-order valence-electron chi connectivity index (χ4n) is 4.11. The van der Waals surface area contributed by atoms with Crippen molar-refractivity contribution >= 4 is 34.7 Å². The Morgan fingerprint density at radius 3 is 2.68 bits per heavy atom. The molecule has 180 valence electrons. The Balaban J connectivity index is 1.47. The van der Waals surface area contributed by atoms with Crippen LogP contribution in [-0.2, 0) is 4.79 Å². The maximum absolute atomic E-state index is 13.9. The zero-order valence-electron chi connectivity index (χ0n) is 18.3. The molecule has 0 saturated carbocycles. The van der Waals surface area contributed by atoms with Gasteiger partial charge in [-0.15, -0.1) is 0 Å². The minimum atomic E-state index is -2.79. The molecule has 2 aliphatic heterocycles. The molecule has 1 aromatic carbocycles. The Morgan fingerprint density at radius 2 is 1.94 bits per heavy atom. The van der Waals surface area contributed by atoms with Crippen LogP contribution in [0.4, 0.5) is 14.7 Å². The molecular formula is C22H24F2N6O3S. The molecule has 3 aromatic rings. The summed E-state index contributed by atoms with van der Waals surface area (Å²) in [4.78, 5) is 28.5. The number of nitrogens with zero attached hydrogens (tertiary/aromatic N) is 6. The third kappa shape index (κ3) is 4.51. The van der Waals surface area contributed by atoms with E-state index in [1.54, 1.807) is 35.2 Å². The number of carbonyl (C=O) groups is 1. The number of alkyl halides is 2. The molecule has 34 heavy (non-hydrogen) atoms. The summed E-state index contributed by atoms with van der Waals surface area (Å²) in [6.45, 7) is 2.30. The molecule has 12 heteroatoms. The van der Waals surface area contributed by atoms with E-state index >= 15 is 0 Å². The van der Waals surface area contributed by atoms with Crippen LogP contribution in [0.5, 0.6) is 5.88 Å². The number of para-hydroxylation sites is 2. The van der Waals surface area contributed by atoms with Gasteiger partial charge in [-0.1, -0.05) is 12.1 Å². The van der Waals surface area contributed by atoms with Crippen LogP contribution in [0, 0.1) is 5.92 Å². The first kappa shape index (κ1) is 22.8. The van der Waals surface area contributed by atoms with Crippen molar-refractivity contribution < 1.29 is 23.4 Å². The fourth-order valence-corrected chi connectivity index (χ4v) is 5.01. The van der Waals surface area contributed by atoms with Gasteiger partial charge < -0.3 is 19.6 Å². The fraction of sp³-hybridized carbons (Fsp3) is 0.455. The molecule has 2 saturated heterocycles. The van der Waals surface area contributed by atoms with Gasteiger partial charge in [0.1, 0.15) is 12.4 Å². The van der Waals surface area contributed by atoms with Crippen LogP contribution in [0.3, 0.4) is 0 Å². The number of carbonyl (C=O) groups excluding carboxylic acids is 1. The average Bonchev–Trinajstić information content (AvgIpc) is 3.23. The molecule has 2 aromatic heterocycles. The minimum absolute atomic E-state index is 0.106. The zero-order chi connectivity index (χ0) is 23.7. The maximum atomic E-state index is 13.9. The predicted molar refractivity (Wildman–Crippen MR) is 124 cm³/mol. The lowest BCUT2D eigenvalue weighted by Crippen LogP contribution is -2.52. The molecule has 0 bridgehead atoms. The van der Waals surface area contributed by atoms with E-state index < -0.39 is 13.0 Å². The number of aliphatic hydroxyl groups is 1. The van der Waals surface area contributed by atoms with Gasteiger partial charge in [-0.2, -0.15) is 21.7 Å². The van der Waals surface area contributed by atoms with Gasteiger partial charge in [-0.25, -0.2) is 13.8 Å². The number of halogens is 2. The van der Waals surface area contributed by atoms with Gasteiger partial charge in [0, 0.05) is 49.7 Å². The van der Waals surface area contributed by atoms with Crippen LogP contribution in [0.15, 0.2) is 30.3 Å². The number of thioether (sulfide) groups is 1. The second-order valence-corrected chi connectivity index (χ2v) is 9.42. The van der Waals surface area contributed by atoms with Gasteiger partial charge in [0.2, 0.25) is 17.7 Å². The van der Waals surface area contributed by atoms with E-state index in [-0.39, 0.29) is 29.3 Å². The van der Waals surface area contributed by atoms with E-state index in [1.807, 2.05) is 16.7 Å². The Morgan fingerprint density at radius 1 is 1.18 bits per heavy atom. The molecule has 5 rings (SSSR count). The number of fused-ring (bicyclic) bond motifs is 1. The van der Waals surface area contributed by atoms with Crippen molar-refractivity contribution in [2.45, 2.75) is 6.43 Å². The molecule has 2 fully saturated rings. The van der Waals surface area contributed by atoms with E-state index in [4.69, 9.17) is 9.84 Å². The van der Waals surface area contributed by atoms with E-state index in [1.165, 1.54) is 4.57 Å². The molecule has 9 nitrogen and oxygen atoms in total. The van der Waals surface area contributed by atoms with Gasteiger partial charge >= 0.3 is 0 Å². The minimum Gasteiger partial charge on any atom is -0.477 e. The van der Waals surface area contributed by atoms with Crippen LogP contribution in [0.25, 0.3) is 16.9 Å². The normalized spacial score (nSPS) is 16.8. The van der Waals surface area contributed by atoms with Gasteiger partial charge in [0.15, 0.2) is 5.82 Å². The number of aromatic nitrogens is 4. The highest BCUT2D eigenvalue weighted by Gasteiger charge is 2.31. The Bertz CT molecular complexity index is 1180. The number of benzene rings is 1. The number of ether oxygens (including phenoxy) is 1. The van der Waals surface area contributed by atoms with E-state index in [9.17, 15) is 13.6 Å². The molecule has 0 unspecified atom stereocenters. The van der Waals surface area contributed by atoms with Crippen molar-refractivity contribution in [3.8, 4) is 11.7 Å². The lowest BCUT2D eigenvalue weighted by Gasteiger charge is -2.38. The van der Waals surface area contributed by atoms with Crippen LogP contribution in [-0.4, -0.2) is 86.3 Å². The third-order valence-corrected chi connectivity index (χ3v) is 6.84. The quantitative estimate of drug-likeness (QED) is 0.538. The molecule has 0 aliphatic carbocycles. The molecular weight excluding hydrogens is 466 g/mol. The van der Waals surface area contributed by atoms with Crippen molar-refractivity contribution in [1.82, 2.24) is 24.4 Å². The maximum Gasteiger partial charge on any atom is 0.296 e. The number of aliphatic hydroxyl groups excluding tert-OH is 1. The van der Waals surface area contributed by atoms with Crippen LogP contribution in [0.1, 0.15) is 12.2 Å². The van der Waals surface area contributed by atoms with Gasteiger partial charge in [-0.05, 0) is 12.1 Å². The first-order chi connectivity index (χ1) is 16.5. The summed E-state index contributed by atoms with van der Waals surface area (Å²) in [5.74, 6) is 2.25. The van der Waals surface area contributed by atoms with Crippen molar-refractivity contribution in [3.63, 3.8) is 0 Å². The lowest BCUT2D eigenvalue weighted by atomic mass is 10.0. The molecule has 0 atom stereocenters. The molecule has 1 amide bonds. The van der Waals surface area contributed by atoms with E-state index in [0.29, 0.717) is 36.7 Å². The number of hydrogen-bond acceptors (Lipinski definition) is 8. The molecule has 0 radical (unpaired) electrons. The highest BCUT2D eigenvalue weighted by molar-refractivity contribution is 7.99. The number of imidazole rings is 1. The smallest absolute Gasteiger partial charge is 0.296 e. The second kappa shape index (κ2) is 9.71. The predicted octanol–water partition coefficient (Wildman–Crippen LogP) is 2.14. The van der Waals surface area contributed by atoms with Crippen molar-refractivity contribution in [1.29, 1.82) is 0 Å². The highest BCUT2D eigenvalue weighted by atomic mass is 32.2. The van der Waals surface area contributed by atoms with Crippen LogP contribution in [0.2, 0.25) is 0 Å². The largest absolute Gasteiger partial charge is 0.477 e. The highest BCUT2D eigenvalue weighted by Crippen LogP contribution is 2.30. The third-order valence-electron chi connectivity index (χ3n) is 5.89. The van der Waals surface area contributed by atoms with E-state index in [2.05, 4.69) is 15.0 Å². The first-order valence-corrected chi connectivity index (χ1v) is 12.2. The van der Waals surface area contributed by atoms with Gasteiger partial charge in [-0.3, -0.25) is 9.36 Å². The summed E-state index contributed by atoms with van der Waals surface area (Å²) in [6, 6.07) is 8.50. The summed E-state index contributed by atoms with van der Waals surface area (Å²) < 4.78 is 35.2. The Labute approximate surface area is 198 Å². The van der Waals surface area contributed by atoms with Crippen molar-refractivity contribution in [3.05, 3.63) is 36.2 Å². The Kier molecular flexibility index (Phi) is 6.50.